The number of imidazole rings is 1. The molecule has 3 aromatic rings. The van der Waals surface area contributed by atoms with Gasteiger partial charge in [-0.3, -0.25) is 0 Å². The van der Waals surface area contributed by atoms with Crippen molar-refractivity contribution in [2.75, 3.05) is 0 Å². The van der Waals surface area contributed by atoms with Gasteiger partial charge in [-0.05, 0) is 29.8 Å². The number of hydrogen-bond acceptors (Lipinski definition) is 1. The van der Waals surface area contributed by atoms with Crippen molar-refractivity contribution in [3.63, 3.8) is 0 Å². The fourth-order valence-electron chi connectivity index (χ4n) is 1.93. The van der Waals surface area contributed by atoms with Crippen LogP contribution in [0.3, 0.4) is 0 Å². The SMILES string of the molecule is Brc1ccc(Cc2nc3ccccc3[nH]2)c(Br)c1. The Hall–Kier alpha value is -1.13. The molecule has 1 N–H and O–H groups in total. The summed E-state index contributed by atoms with van der Waals surface area (Å²) in [6.45, 7) is 0. The minimum Gasteiger partial charge on any atom is -0.342 e. The minimum absolute atomic E-state index is 0.794. The van der Waals surface area contributed by atoms with E-state index in [9.17, 15) is 0 Å². The average Bonchev–Trinajstić information content (AvgIpc) is 2.75. The number of aromatic nitrogens is 2. The normalized spacial score (nSPS) is 11.0. The Morgan fingerprint density at radius 3 is 2.67 bits per heavy atom. The Kier molecular flexibility index (Phi) is 3.22. The minimum atomic E-state index is 0.794. The van der Waals surface area contributed by atoms with E-state index in [0.29, 0.717) is 0 Å². The Balaban J connectivity index is 1.96. The number of H-pyrrole nitrogens is 1. The van der Waals surface area contributed by atoms with Gasteiger partial charge in [-0.15, -0.1) is 0 Å². The smallest absolute Gasteiger partial charge is 0.111 e. The first kappa shape index (κ1) is 11.9. The van der Waals surface area contributed by atoms with Crippen molar-refractivity contribution in [2.45, 2.75) is 6.42 Å². The van der Waals surface area contributed by atoms with Crippen LogP contribution < -0.4 is 0 Å². The fraction of sp³-hybridized carbons (Fsp3) is 0.0714. The molecule has 0 bridgehead atoms. The van der Waals surface area contributed by atoms with Crippen LogP contribution >= 0.6 is 31.9 Å². The number of para-hydroxylation sites is 2. The zero-order chi connectivity index (χ0) is 12.5. The maximum absolute atomic E-state index is 4.58. The third-order valence-electron chi connectivity index (χ3n) is 2.81. The van der Waals surface area contributed by atoms with Crippen LogP contribution in [0.2, 0.25) is 0 Å². The molecule has 2 nitrogen and oxygen atoms in total. The van der Waals surface area contributed by atoms with Gasteiger partial charge in [0.25, 0.3) is 0 Å². The molecule has 1 aromatic heterocycles. The lowest BCUT2D eigenvalue weighted by Gasteiger charge is -2.02. The highest BCUT2D eigenvalue weighted by Gasteiger charge is 2.06. The molecule has 0 radical (unpaired) electrons. The Bertz CT molecular complexity index is 671. The molecule has 90 valence electrons. The van der Waals surface area contributed by atoms with Gasteiger partial charge in [0.1, 0.15) is 5.82 Å². The summed E-state index contributed by atoms with van der Waals surface area (Å²) in [5.74, 6) is 0.985. The summed E-state index contributed by atoms with van der Waals surface area (Å²) in [5, 5.41) is 0. The largest absolute Gasteiger partial charge is 0.342 e. The highest BCUT2D eigenvalue weighted by Crippen LogP contribution is 2.24. The van der Waals surface area contributed by atoms with Gasteiger partial charge in [0, 0.05) is 15.4 Å². The van der Waals surface area contributed by atoms with Crippen molar-refractivity contribution >= 4 is 42.9 Å². The number of rotatable bonds is 2. The van der Waals surface area contributed by atoms with Crippen LogP contribution in [-0.2, 0) is 6.42 Å². The van der Waals surface area contributed by atoms with E-state index in [1.807, 2.05) is 30.3 Å². The molecule has 0 fully saturated rings. The maximum atomic E-state index is 4.58. The predicted molar refractivity (Wildman–Crippen MR) is 80.7 cm³/mol. The summed E-state index contributed by atoms with van der Waals surface area (Å²) in [7, 11) is 0. The van der Waals surface area contributed by atoms with Crippen LogP contribution in [0.1, 0.15) is 11.4 Å². The van der Waals surface area contributed by atoms with Crippen LogP contribution in [0.25, 0.3) is 11.0 Å². The first-order valence-electron chi connectivity index (χ1n) is 5.60. The number of fused-ring (bicyclic) bond motifs is 1. The van der Waals surface area contributed by atoms with Gasteiger partial charge in [-0.2, -0.15) is 0 Å². The summed E-state index contributed by atoms with van der Waals surface area (Å²) < 4.78 is 2.17. The van der Waals surface area contributed by atoms with Gasteiger partial charge in [-0.25, -0.2) is 4.98 Å². The van der Waals surface area contributed by atoms with E-state index in [-0.39, 0.29) is 0 Å². The van der Waals surface area contributed by atoms with Crippen molar-refractivity contribution in [3.8, 4) is 0 Å². The molecule has 0 spiro atoms. The molecular weight excluding hydrogens is 356 g/mol. The molecule has 0 saturated heterocycles. The molecule has 1 heterocycles. The van der Waals surface area contributed by atoms with Gasteiger partial charge in [0.2, 0.25) is 0 Å². The zero-order valence-corrected chi connectivity index (χ0v) is 12.6. The zero-order valence-electron chi connectivity index (χ0n) is 9.45. The Morgan fingerprint density at radius 2 is 1.89 bits per heavy atom. The van der Waals surface area contributed by atoms with Gasteiger partial charge < -0.3 is 4.98 Å². The lowest BCUT2D eigenvalue weighted by atomic mass is 10.1. The number of aromatic amines is 1. The second-order valence-electron chi connectivity index (χ2n) is 4.11. The number of halogens is 2. The first-order chi connectivity index (χ1) is 8.72. The summed E-state index contributed by atoms with van der Waals surface area (Å²) in [6.07, 6.45) is 0.794. The quantitative estimate of drug-likeness (QED) is 0.701. The van der Waals surface area contributed by atoms with Crippen molar-refractivity contribution in [1.29, 1.82) is 0 Å². The number of nitrogens with zero attached hydrogens (tertiary/aromatic N) is 1. The summed E-state index contributed by atoms with van der Waals surface area (Å²) in [4.78, 5) is 7.93. The van der Waals surface area contributed by atoms with Gasteiger partial charge in [0.05, 0.1) is 11.0 Å². The third-order valence-corrected chi connectivity index (χ3v) is 4.04. The second kappa shape index (κ2) is 4.86. The van der Waals surface area contributed by atoms with Crippen molar-refractivity contribution in [1.82, 2.24) is 9.97 Å². The summed E-state index contributed by atoms with van der Waals surface area (Å²) in [6, 6.07) is 14.3. The standard InChI is InChI=1S/C14H10Br2N2/c15-10-6-5-9(11(16)8-10)7-14-17-12-3-1-2-4-13(12)18-14/h1-6,8H,7H2,(H,17,18). The summed E-state index contributed by atoms with van der Waals surface area (Å²) in [5.41, 5.74) is 3.32. The molecule has 0 atom stereocenters. The highest BCUT2D eigenvalue weighted by atomic mass is 79.9. The average molecular weight is 366 g/mol. The maximum Gasteiger partial charge on any atom is 0.111 e. The van der Waals surface area contributed by atoms with E-state index in [2.05, 4.69) is 54.0 Å². The molecule has 3 rings (SSSR count). The van der Waals surface area contributed by atoms with E-state index >= 15 is 0 Å². The van der Waals surface area contributed by atoms with Crippen LogP contribution in [0.15, 0.2) is 51.4 Å². The third kappa shape index (κ3) is 2.35. The van der Waals surface area contributed by atoms with Gasteiger partial charge in [-0.1, -0.05) is 50.1 Å². The molecule has 0 unspecified atom stereocenters. The van der Waals surface area contributed by atoms with Crippen molar-refractivity contribution in [3.05, 3.63) is 62.8 Å². The Morgan fingerprint density at radius 1 is 1.06 bits per heavy atom. The van der Waals surface area contributed by atoms with E-state index < -0.39 is 0 Å². The number of hydrogen-bond donors (Lipinski definition) is 1. The lowest BCUT2D eigenvalue weighted by molar-refractivity contribution is 1.03. The van der Waals surface area contributed by atoms with Crippen LogP contribution in [0.5, 0.6) is 0 Å². The molecule has 0 aliphatic rings. The highest BCUT2D eigenvalue weighted by molar-refractivity contribution is 9.11. The van der Waals surface area contributed by atoms with Crippen LogP contribution in [-0.4, -0.2) is 9.97 Å². The Labute approximate surface area is 122 Å². The van der Waals surface area contributed by atoms with E-state index in [0.717, 1.165) is 32.2 Å². The molecule has 0 saturated carbocycles. The topological polar surface area (TPSA) is 28.7 Å². The molecular formula is C14H10Br2N2. The molecule has 2 aromatic carbocycles. The fourth-order valence-corrected chi connectivity index (χ4v) is 3.12. The molecule has 0 aliphatic heterocycles. The van der Waals surface area contributed by atoms with E-state index in [4.69, 9.17) is 0 Å². The first-order valence-corrected chi connectivity index (χ1v) is 7.18. The molecule has 4 heteroatoms. The second-order valence-corrected chi connectivity index (χ2v) is 5.88. The molecule has 0 aliphatic carbocycles. The lowest BCUT2D eigenvalue weighted by Crippen LogP contribution is -1.91. The van der Waals surface area contributed by atoms with Gasteiger partial charge >= 0.3 is 0 Å². The molecule has 0 amide bonds. The van der Waals surface area contributed by atoms with Crippen molar-refractivity contribution < 1.29 is 0 Å². The van der Waals surface area contributed by atoms with Gasteiger partial charge in [0.15, 0.2) is 0 Å². The van der Waals surface area contributed by atoms with Crippen LogP contribution in [0, 0.1) is 0 Å². The number of nitrogens with one attached hydrogen (secondary N) is 1. The van der Waals surface area contributed by atoms with E-state index in [1.165, 1.54) is 5.56 Å². The monoisotopic (exact) mass is 364 g/mol. The van der Waals surface area contributed by atoms with Crippen molar-refractivity contribution in [2.24, 2.45) is 0 Å². The van der Waals surface area contributed by atoms with Crippen LogP contribution in [0.4, 0.5) is 0 Å². The summed E-state index contributed by atoms with van der Waals surface area (Å²) >= 11 is 7.03. The predicted octanol–water partition coefficient (Wildman–Crippen LogP) is 4.68. The van der Waals surface area contributed by atoms with E-state index in [1.54, 1.807) is 0 Å². The number of benzene rings is 2. The molecule has 18 heavy (non-hydrogen) atoms.